The van der Waals surface area contributed by atoms with E-state index in [0.29, 0.717) is 22.9 Å². The number of aromatic nitrogens is 1. The molecule has 122 valence electrons. The lowest BCUT2D eigenvalue weighted by Gasteiger charge is -2.12. The van der Waals surface area contributed by atoms with Gasteiger partial charge in [0.2, 0.25) is 0 Å². The topological polar surface area (TPSA) is 114 Å². The number of nitrogen functional groups attached to an aromatic ring is 1. The molecule has 7 nitrogen and oxygen atoms in total. The van der Waals surface area contributed by atoms with Gasteiger partial charge in [0.05, 0.1) is 12.1 Å². The van der Waals surface area contributed by atoms with Crippen molar-refractivity contribution in [2.45, 2.75) is 6.92 Å². The molecule has 2 aromatic rings. The molecule has 0 unspecified atom stereocenters. The normalized spacial score (nSPS) is 10.9. The quantitative estimate of drug-likeness (QED) is 0.835. The van der Waals surface area contributed by atoms with E-state index in [1.807, 2.05) is 0 Å². The molecule has 0 aliphatic heterocycles. The van der Waals surface area contributed by atoms with E-state index < -0.39 is 5.91 Å². The molecule has 0 fully saturated rings. The van der Waals surface area contributed by atoms with Crippen molar-refractivity contribution in [1.29, 1.82) is 0 Å². The van der Waals surface area contributed by atoms with Gasteiger partial charge in [-0.1, -0.05) is 22.8 Å². The molecule has 0 aliphatic rings. The van der Waals surface area contributed by atoms with Gasteiger partial charge in [-0.15, -0.1) is 0 Å². The van der Waals surface area contributed by atoms with Gasteiger partial charge in [-0.3, -0.25) is 4.79 Å². The van der Waals surface area contributed by atoms with Crippen LogP contribution in [-0.4, -0.2) is 24.8 Å². The van der Waals surface area contributed by atoms with Crippen LogP contribution in [0.5, 0.6) is 11.5 Å². The summed E-state index contributed by atoms with van der Waals surface area (Å²) in [6.07, 6.45) is 3.45. The fraction of sp³-hybridized carbons (Fsp3) is 0.200. The molecule has 0 bridgehead atoms. The van der Waals surface area contributed by atoms with Crippen LogP contribution in [0.1, 0.15) is 17.0 Å². The first-order chi connectivity index (χ1) is 10.9. The van der Waals surface area contributed by atoms with Gasteiger partial charge in [-0.2, -0.15) is 0 Å². The largest absolute Gasteiger partial charge is 0.493 e. The fourth-order valence-corrected chi connectivity index (χ4v) is 2.08. The summed E-state index contributed by atoms with van der Waals surface area (Å²) in [6.45, 7) is 1.43. The van der Waals surface area contributed by atoms with Crippen LogP contribution in [0, 0.1) is 6.92 Å². The Morgan fingerprint density at radius 3 is 2.74 bits per heavy atom. The van der Waals surface area contributed by atoms with Gasteiger partial charge in [0.25, 0.3) is 5.91 Å². The second-order valence-corrected chi connectivity index (χ2v) is 5.07. The standard InChI is InChI=1S/C15H16ClN3O4/c1-8-14(18)11(19-23-8)4-3-9-5-10(16)15(12(6-9)21-2)22-7-13(17)20/h3-6H,7,18H2,1-2H3,(H2,17,20)/b4-3+. The maximum Gasteiger partial charge on any atom is 0.255 e. The van der Waals surface area contributed by atoms with Crippen molar-refractivity contribution >= 4 is 35.3 Å². The summed E-state index contributed by atoms with van der Waals surface area (Å²) in [5.74, 6) is 0.573. The smallest absolute Gasteiger partial charge is 0.255 e. The zero-order chi connectivity index (χ0) is 17.0. The molecule has 2 rings (SSSR count). The number of primary amides is 1. The van der Waals surface area contributed by atoms with Gasteiger partial charge in [-0.05, 0) is 30.7 Å². The molecule has 1 aromatic heterocycles. The number of ether oxygens (including phenoxy) is 2. The van der Waals surface area contributed by atoms with Crippen LogP contribution in [0.25, 0.3) is 12.2 Å². The third kappa shape index (κ3) is 3.95. The molecule has 0 atom stereocenters. The van der Waals surface area contributed by atoms with Gasteiger partial charge < -0.3 is 25.5 Å². The third-order valence-corrected chi connectivity index (χ3v) is 3.26. The Morgan fingerprint density at radius 1 is 1.43 bits per heavy atom. The number of aryl methyl sites for hydroxylation is 1. The zero-order valence-electron chi connectivity index (χ0n) is 12.6. The van der Waals surface area contributed by atoms with Gasteiger partial charge in [0, 0.05) is 0 Å². The zero-order valence-corrected chi connectivity index (χ0v) is 13.4. The van der Waals surface area contributed by atoms with Crippen molar-refractivity contribution in [3.8, 4) is 11.5 Å². The molecule has 4 N–H and O–H groups in total. The van der Waals surface area contributed by atoms with Gasteiger partial charge >= 0.3 is 0 Å². The first-order valence-corrected chi connectivity index (χ1v) is 6.98. The summed E-state index contributed by atoms with van der Waals surface area (Å²) in [4.78, 5) is 10.8. The third-order valence-electron chi connectivity index (χ3n) is 2.98. The summed E-state index contributed by atoms with van der Waals surface area (Å²) in [5.41, 5.74) is 12.6. The highest BCUT2D eigenvalue weighted by Gasteiger charge is 2.12. The minimum atomic E-state index is -0.607. The lowest BCUT2D eigenvalue weighted by Crippen LogP contribution is -2.20. The van der Waals surface area contributed by atoms with Crippen molar-refractivity contribution in [3.05, 3.63) is 34.2 Å². The molecule has 1 amide bonds. The van der Waals surface area contributed by atoms with E-state index in [1.54, 1.807) is 31.2 Å². The Labute approximate surface area is 137 Å². The highest BCUT2D eigenvalue weighted by molar-refractivity contribution is 6.32. The number of carbonyl (C=O) groups is 1. The Balaban J connectivity index is 2.28. The SMILES string of the molecule is COc1cc(/C=C/c2noc(C)c2N)cc(Cl)c1OCC(N)=O. The number of halogens is 1. The Kier molecular flexibility index (Phi) is 5.13. The number of methoxy groups -OCH3 is 1. The Bertz CT molecular complexity index is 755. The number of hydrogen-bond donors (Lipinski definition) is 2. The maximum atomic E-state index is 10.8. The number of benzene rings is 1. The number of nitrogens with two attached hydrogens (primary N) is 2. The predicted molar refractivity (Wildman–Crippen MR) is 87.3 cm³/mol. The molecular formula is C15H16ClN3O4. The van der Waals surface area contributed by atoms with Crippen molar-refractivity contribution in [1.82, 2.24) is 5.16 Å². The molecule has 1 heterocycles. The highest BCUT2D eigenvalue weighted by Crippen LogP contribution is 2.37. The van der Waals surface area contributed by atoms with Crippen LogP contribution in [0.2, 0.25) is 5.02 Å². The molecule has 0 saturated carbocycles. The van der Waals surface area contributed by atoms with E-state index in [1.165, 1.54) is 7.11 Å². The summed E-state index contributed by atoms with van der Waals surface area (Å²) in [5, 5.41) is 4.12. The number of carbonyl (C=O) groups excluding carboxylic acids is 1. The summed E-state index contributed by atoms with van der Waals surface area (Å²) in [6, 6.07) is 3.35. The van der Waals surface area contributed by atoms with E-state index in [2.05, 4.69) is 5.16 Å². The maximum absolute atomic E-state index is 10.8. The monoisotopic (exact) mass is 337 g/mol. The van der Waals surface area contributed by atoms with E-state index in [0.717, 1.165) is 5.56 Å². The molecular weight excluding hydrogens is 322 g/mol. The molecule has 0 aliphatic carbocycles. The van der Waals surface area contributed by atoms with Crippen LogP contribution < -0.4 is 20.9 Å². The minimum absolute atomic E-state index is 0.252. The molecule has 0 spiro atoms. The van der Waals surface area contributed by atoms with Crippen LogP contribution in [0.15, 0.2) is 16.7 Å². The Hall–Kier alpha value is -2.67. The van der Waals surface area contributed by atoms with Crippen LogP contribution in [0.3, 0.4) is 0 Å². The first-order valence-electron chi connectivity index (χ1n) is 6.60. The number of hydrogen-bond acceptors (Lipinski definition) is 6. The van der Waals surface area contributed by atoms with E-state index in [9.17, 15) is 4.79 Å². The molecule has 0 radical (unpaired) electrons. The molecule has 1 aromatic carbocycles. The second-order valence-electron chi connectivity index (χ2n) is 4.66. The molecule has 23 heavy (non-hydrogen) atoms. The van der Waals surface area contributed by atoms with Crippen molar-refractivity contribution in [2.75, 3.05) is 19.5 Å². The number of nitrogens with zero attached hydrogens (tertiary/aromatic N) is 1. The summed E-state index contributed by atoms with van der Waals surface area (Å²) in [7, 11) is 1.47. The van der Waals surface area contributed by atoms with Gasteiger partial charge in [-0.25, -0.2) is 0 Å². The number of rotatable bonds is 6. The van der Waals surface area contributed by atoms with E-state index in [-0.39, 0.29) is 17.4 Å². The predicted octanol–water partition coefficient (Wildman–Crippen LogP) is 2.26. The number of amides is 1. The lowest BCUT2D eigenvalue weighted by molar-refractivity contribution is -0.119. The number of anilines is 1. The average Bonchev–Trinajstić information content (AvgIpc) is 2.82. The average molecular weight is 338 g/mol. The molecule has 8 heteroatoms. The summed E-state index contributed by atoms with van der Waals surface area (Å²) < 4.78 is 15.5. The first kappa shape index (κ1) is 16.7. The van der Waals surface area contributed by atoms with Crippen molar-refractivity contribution < 1.29 is 18.8 Å². The van der Waals surface area contributed by atoms with E-state index >= 15 is 0 Å². The van der Waals surface area contributed by atoms with E-state index in [4.69, 9.17) is 37.1 Å². The Morgan fingerprint density at radius 2 is 2.17 bits per heavy atom. The minimum Gasteiger partial charge on any atom is -0.493 e. The molecule has 0 saturated heterocycles. The highest BCUT2D eigenvalue weighted by atomic mass is 35.5. The van der Waals surface area contributed by atoms with Crippen LogP contribution >= 0.6 is 11.6 Å². The van der Waals surface area contributed by atoms with Crippen molar-refractivity contribution in [3.63, 3.8) is 0 Å². The van der Waals surface area contributed by atoms with Crippen LogP contribution in [0.4, 0.5) is 5.69 Å². The summed E-state index contributed by atoms with van der Waals surface area (Å²) >= 11 is 6.16. The fourth-order valence-electron chi connectivity index (χ4n) is 1.81. The second kappa shape index (κ2) is 7.06. The van der Waals surface area contributed by atoms with Gasteiger partial charge in [0.1, 0.15) is 11.4 Å². The van der Waals surface area contributed by atoms with Gasteiger partial charge in [0.15, 0.2) is 23.9 Å². The van der Waals surface area contributed by atoms with Crippen LogP contribution in [-0.2, 0) is 4.79 Å². The van der Waals surface area contributed by atoms with Crippen molar-refractivity contribution in [2.24, 2.45) is 5.73 Å². The lowest BCUT2D eigenvalue weighted by atomic mass is 10.1.